The molecule has 0 unspecified atom stereocenters. The van der Waals surface area contributed by atoms with Gasteiger partial charge in [-0.15, -0.1) is 0 Å². The van der Waals surface area contributed by atoms with Gasteiger partial charge in [-0.2, -0.15) is 0 Å². The Kier molecular flexibility index (Phi) is 4.73. The topological polar surface area (TPSA) is 56.0 Å². The third kappa shape index (κ3) is 3.29. The average molecular weight is 417 g/mol. The lowest BCUT2D eigenvalue weighted by atomic mass is 10.2. The van der Waals surface area contributed by atoms with Crippen molar-refractivity contribution in [2.75, 3.05) is 5.32 Å². The minimum atomic E-state index is -0.332. The van der Waals surface area contributed by atoms with Gasteiger partial charge in [-0.1, -0.05) is 0 Å². The van der Waals surface area contributed by atoms with Crippen molar-refractivity contribution in [1.29, 1.82) is 0 Å². The Balaban J connectivity index is 2.34. The monoisotopic (exact) mass is 415 g/mol. The zero-order valence-electron chi connectivity index (χ0n) is 11.9. The van der Waals surface area contributed by atoms with Crippen LogP contribution in [0.3, 0.4) is 0 Å². The van der Waals surface area contributed by atoms with Crippen LogP contribution in [0, 0.1) is 6.92 Å². The van der Waals surface area contributed by atoms with Gasteiger partial charge in [-0.3, -0.25) is 9.36 Å². The Morgan fingerprint density at radius 3 is 2.29 bits per heavy atom. The molecule has 0 aliphatic carbocycles. The highest BCUT2D eigenvalue weighted by atomic mass is 79.9. The zero-order chi connectivity index (χ0) is 15.7. The number of hydrogen-bond donors (Lipinski definition) is 1. The molecule has 0 spiro atoms. The van der Waals surface area contributed by atoms with Crippen molar-refractivity contribution >= 4 is 37.5 Å². The molecule has 7 heteroatoms. The molecule has 1 N–H and O–H groups in total. The molecule has 0 aliphatic rings. The standard InChI is InChI=1S/C14H15Br2N3O2/c1-8-4-10(15)12(11(16)5-8)17-6-9-7-18(2)14(21)19(3)13(9)20/h4-5,7,17H,6H2,1-3H3. The van der Waals surface area contributed by atoms with E-state index in [1.807, 2.05) is 19.1 Å². The van der Waals surface area contributed by atoms with Gasteiger partial charge in [0.2, 0.25) is 0 Å². The highest BCUT2D eigenvalue weighted by Crippen LogP contribution is 2.32. The van der Waals surface area contributed by atoms with Gasteiger partial charge in [-0.25, -0.2) is 4.79 Å². The van der Waals surface area contributed by atoms with Crippen molar-refractivity contribution in [1.82, 2.24) is 9.13 Å². The number of halogens is 2. The summed E-state index contributed by atoms with van der Waals surface area (Å²) in [5.74, 6) is 0. The summed E-state index contributed by atoms with van der Waals surface area (Å²) in [5, 5.41) is 3.22. The van der Waals surface area contributed by atoms with Gasteiger partial charge in [-0.05, 0) is 56.5 Å². The van der Waals surface area contributed by atoms with E-state index in [-0.39, 0.29) is 11.2 Å². The molecule has 0 saturated heterocycles. The maximum absolute atomic E-state index is 12.1. The van der Waals surface area contributed by atoms with Crippen LogP contribution >= 0.6 is 31.9 Å². The fourth-order valence-electron chi connectivity index (χ4n) is 2.06. The van der Waals surface area contributed by atoms with Gasteiger partial charge in [0.15, 0.2) is 0 Å². The van der Waals surface area contributed by atoms with Crippen molar-refractivity contribution in [2.45, 2.75) is 13.5 Å². The zero-order valence-corrected chi connectivity index (χ0v) is 15.1. The van der Waals surface area contributed by atoms with E-state index in [1.165, 1.54) is 11.6 Å². The second-order valence-corrected chi connectivity index (χ2v) is 6.58. The van der Waals surface area contributed by atoms with E-state index in [1.54, 1.807) is 13.2 Å². The van der Waals surface area contributed by atoms with Crippen LogP contribution in [0.15, 0.2) is 36.9 Å². The summed E-state index contributed by atoms with van der Waals surface area (Å²) in [4.78, 5) is 23.7. The number of benzene rings is 1. The summed E-state index contributed by atoms with van der Waals surface area (Å²) in [6, 6.07) is 3.98. The molecule has 112 valence electrons. The third-order valence-corrected chi connectivity index (χ3v) is 4.41. The van der Waals surface area contributed by atoms with Crippen LogP contribution in [0.2, 0.25) is 0 Å². The summed E-state index contributed by atoms with van der Waals surface area (Å²) in [5.41, 5.74) is 1.90. The predicted octanol–water partition coefficient (Wildman–Crippen LogP) is 2.53. The molecule has 2 rings (SSSR count). The Morgan fingerprint density at radius 2 is 1.71 bits per heavy atom. The summed E-state index contributed by atoms with van der Waals surface area (Å²) >= 11 is 7.00. The molecular formula is C14H15Br2N3O2. The Labute approximate surface area is 138 Å². The molecule has 0 atom stereocenters. The molecule has 0 bridgehead atoms. The van der Waals surface area contributed by atoms with Gasteiger partial charge in [0, 0.05) is 35.8 Å². The van der Waals surface area contributed by atoms with Gasteiger partial charge in [0.05, 0.1) is 11.3 Å². The molecule has 21 heavy (non-hydrogen) atoms. The summed E-state index contributed by atoms with van der Waals surface area (Å²) in [7, 11) is 3.11. The molecule has 1 aromatic carbocycles. The van der Waals surface area contributed by atoms with E-state index >= 15 is 0 Å². The lowest BCUT2D eigenvalue weighted by Crippen LogP contribution is -2.38. The molecule has 1 aromatic heterocycles. The van der Waals surface area contributed by atoms with Crippen LogP contribution in [-0.2, 0) is 20.6 Å². The van der Waals surface area contributed by atoms with Gasteiger partial charge in [0.25, 0.3) is 5.56 Å². The van der Waals surface area contributed by atoms with E-state index in [0.29, 0.717) is 12.1 Å². The second kappa shape index (κ2) is 6.19. The molecule has 0 aliphatic heterocycles. The van der Waals surface area contributed by atoms with Crippen molar-refractivity contribution in [2.24, 2.45) is 14.1 Å². The first-order chi connectivity index (χ1) is 9.81. The third-order valence-electron chi connectivity index (χ3n) is 3.16. The molecule has 0 fully saturated rings. The smallest absolute Gasteiger partial charge is 0.330 e. The van der Waals surface area contributed by atoms with E-state index in [0.717, 1.165) is 24.8 Å². The number of aryl methyl sites for hydroxylation is 2. The molecule has 1 heterocycles. The van der Waals surface area contributed by atoms with Crippen LogP contribution in [0.5, 0.6) is 0 Å². The van der Waals surface area contributed by atoms with Crippen LogP contribution in [0.25, 0.3) is 0 Å². The normalized spacial score (nSPS) is 10.7. The lowest BCUT2D eigenvalue weighted by molar-refractivity contribution is 0.671. The van der Waals surface area contributed by atoms with Gasteiger partial charge in [0.1, 0.15) is 0 Å². The first kappa shape index (κ1) is 16.0. The van der Waals surface area contributed by atoms with Crippen molar-refractivity contribution in [3.05, 3.63) is 59.2 Å². The number of anilines is 1. The largest absolute Gasteiger partial charge is 0.379 e. The highest BCUT2D eigenvalue weighted by Gasteiger charge is 2.10. The van der Waals surface area contributed by atoms with Crippen molar-refractivity contribution in [3.8, 4) is 0 Å². The number of nitrogens with one attached hydrogen (secondary N) is 1. The van der Waals surface area contributed by atoms with Gasteiger partial charge >= 0.3 is 5.69 Å². The van der Waals surface area contributed by atoms with Crippen LogP contribution in [-0.4, -0.2) is 9.13 Å². The minimum absolute atomic E-state index is 0.287. The quantitative estimate of drug-likeness (QED) is 0.836. The van der Waals surface area contributed by atoms with Crippen molar-refractivity contribution < 1.29 is 0 Å². The predicted molar refractivity (Wildman–Crippen MR) is 90.8 cm³/mol. The minimum Gasteiger partial charge on any atom is -0.379 e. The molecule has 5 nitrogen and oxygen atoms in total. The van der Waals surface area contributed by atoms with Crippen molar-refractivity contribution in [3.63, 3.8) is 0 Å². The Hall–Kier alpha value is -1.34. The number of rotatable bonds is 3. The number of hydrogen-bond acceptors (Lipinski definition) is 3. The van der Waals surface area contributed by atoms with E-state index < -0.39 is 0 Å². The SMILES string of the molecule is Cc1cc(Br)c(NCc2cn(C)c(=O)n(C)c2=O)c(Br)c1. The summed E-state index contributed by atoms with van der Waals surface area (Å²) < 4.78 is 4.33. The van der Waals surface area contributed by atoms with Crippen LogP contribution < -0.4 is 16.6 Å². The second-order valence-electron chi connectivity index (χ2n) is 4.87. The summed E-state index contributed by atoms with van der Waals surface area (Å²) in [6.07, 6.45) is 1.56. The molecule has 0 radical (unpaired) electrons. The fraction of sp³-hybridized carbons (Fsp3) is 0.286. The Bertz CT molecular complexity index is 786. The number of nitrogens with zero attached hydrogens (tertiary/aromatic N) is 2. The first-order valence-electron chi connectivity index (χ1n) is 6.26. The lowest BCUT2D eigenvalue weighted by Gasteiger charge is -2.12. The Morgan fingerprint density at radius 1 is 1.14 bits per heavy atom. The van der Waals surface area contributed by atoms with Crippen LogP contribution in [0.1, 0.15) is 11.1 Å². The fourth-order valence-corrected chi connectivity index (χ4v) is 3.75. The maximum atomic E-state index is 12.1. The number of aromatic nitrogens is 2. The molecule has 2 aromatic rings. The van der Waals surface area contributed by atoms with Crippen LogP contribution in [0.4, 0.5) is 5.69 Å². The maximum Gasteiger partial charge on any atom is 0.330 e. The van der Waals surface area contributed by atoms with E-state index in [4.69, 9.17) is 0 Å². The molecular weight excluding hydrogens is 402 g/mol. The first-order valence-corrected chi connectivity index (χ1v) is 7.85. The summed E-state index contributed by atoms with van der Waals surface area (Å²) in [6.45, 7) is 2.34. The van der Waals surface area contributed by atoms with E-state index in [2.05, 4.69) is 37.2 Å². The van der Waals surface area contributed by atoms with Gasteiger partial charge < -0.3 is 9.88 Å². The molecule has 0 saturated carbocycles. The van der Waals surface area contributed by atoms with E-state index in [9.17, 15) is 9.59 Å². The highest BCUT2D eigenvalue weighted by molar-refractivity contribution is 9.11. The molecule has 0 amide bonds. The average Bonchev–Trinajstić information content (AvgIpc) is 2.40.